The molecule has 12 heavy (non-hydrogen) atoms. The van der Waals surface area contributed by atoms with Crippen molar-refractivity contribution in [3.8, 4) is 11.4 Å². The summed E-state index contributed by atoms with van der Waals surface area (Å²) in [5.74, 6) is 1.29. The normalized spacial score (nSPS) is 10.4. The lowest BCUT2D eigenvalue weighted by Gasteiger charge is -1.83. The molecular weight excluding hydrogens is 156 g/mol. The molecule has 0 amide bonds. The van der Waals surface area contributed by atoms with Crippen LogP contribution in [0, 0.1) is 0 Å². The van der Waals surface area contributed by atoms with Gasteiger partial charge in [0.25, 0.3) is 0 Å². The smallest absolute Gasteiger partial charge is 0.184 e. The zero-order chi connectivity index (χ0) is 8.39. The van der Waals surface area contributed by atoms with Gasteiger partial charge in [0.05, 0.1) is 18.4 Å². The highest BCUT2D eigenvalue weighted by Gasteiger charge is 2.04. The van der Waals surface area contributed by atoms with Crippen LogP contribution in [0.3, 0.4) is 0 Å². The Bertz CT molecular complexity index is 351. The molecule has 0 atom stereocenters. The van der Waals surface area contributed by atoms with Crippen LogP contribution in [0.2, 0.25) is 0 Å². The van der Waals surface area contributed by atoms with Crippen molar-refractivity contribution in [2.75, 3.05) is 0 Å². The first-order valence-corrected chi connectivity index (χ1v) is 3.54. The molecule has 0 aliphatic rings. The van der Waals surface area contributed by atoms with Gasteiger partial charge in [0, 0.05) is 0 Å². The van der Waals surface area contributed by atoms with Gasteiger partial charge in [0.15, 0.2) is 5.82 Å². The minimum atomic E-state index is 0.366. The van der Waals surface area contributed by atoms with Crippen molar-refractivity contribution in [1.29, 1.82) is 0 Å². The molecule has 0 bridgehead atoms. The zero-order valence-electron chi connectivity index (χ0n) is 6.32. The van der Waals surface area contributed by atoms with Crippen LogP contribution in [0.25, 0.3) is 11.4 Å². The number of furan rings is 1. The SMILES string of the molecule is NCc1nc(-c2ccoc2)n[nH]1. The quantitative estimate of drug-likeness (QED) is 0.678. The monoisotopic (exact) mass is 164 g/mol. The first-order valence-electron chi connectivity index (χ1n) is 3.54. The van der Waals surface area contributed by atoms with Crippen LogP contribution < -0.4 is 5.73 Å². The van der Waals surface area contributed by atoms with E-state index < -0.39 is 0 Å². The molecule has 5 nitrogen and oxygen atoms in total. The Morgan fingerprint density at radius 2 is 2.50 bits per heavy atom. The highest BCUT2D eigenvalue weighted by molar-refractivity contribution is 5.51. The van der Waals surface area contributed by atoms with Crippen molar-refractivity contribution in [1.82, 2.24) is 15.2 Å². The molecule has 3 N–H and O–H groups in total. The molecule has 5 heteroatoms. The first-order chi connectivity index (χ1) is 5.90. The van der Waals surface area contributed by atoms with E-state index in [9.17, 15) is 0 Å². The number of H-pyrrole nitrogens is 1. The summed E-state index contributed by atoms with van der Waals surface area (Å²) in [4.78, 5) is 4.12. The van der Waals surface area contributed by atoms with E-state index in [0.717, 1.165) is 5.56 Å². The molecule has 0 aliphatic carbocycles. The molecule has 0 fully saturated rings. The molecular formula is C7H8N4O. The van der Waals surface area contributed by atoms with E-state index in [1.807, 2.05) is 0 Å². The fourth-order valence-electron chi connectivity index (χ4n) is 0.907. The average Bonchev–Trinajstić information content (AvgIpc) is 2.75. The molecule has 0 saturated carbocycles. The number of hydrogen-bond acceptors (Lipinski definition) is 4. The van der Waals surface area contributed by atoms with Gasteiger partial charge >= 0.3 is 0 Å². The van der Waals surface area contributed by atoms with Crippen LogP contribution in [0.4, 0.5) is 0 Å². The minimum absolute atomic E-state index is 0.366. The van der Waals surface area contributed by atoms with Crippen molar-refractivity contribution in [2.24, 2.45) is 5.73 Å². The Morgan fingerprint density at radius 3 is 3.08 bits per heavy atom. The highest BCUT2D eigenvalue weighted by atomic mass is 16.3. The molecule has 0 aromatic carbocycles. The molecule has 0 saturated heterocycles. The van der Waals surface area contributed by atoms with Gasteiger partial charge in [0.2, 0.25) is 0 Å². The molecule has 0 spiro atoms. The number of nitrogens with two attached hydrogens (primary N) is 1. The van der Waals surface area contributed by atoms with E-state index in [0.29, 0.717) is 18.2 Å². The highest BCUT2D eigenvalue weighted by Crippen LogP contribution is 2.13. The third-order valence-electron chi connectivity index (χ3n) is 1.50. The number of nitrogens with zero attached hydrogens (tertiary/aromatic N) is 2. The predicted octanol–water partition coefficient (Wildman–Crippen LogP) is 0.523. The van der Waals surface area contributed by atoms with Gasteiger partial charge in [-0.1, -0.05) is 0 Å². The van der Waals surface area contributed by atoms with Crippen LogP contribution in [-0.2, 0) is 6.54 Å². The fourth-order valence-corrected chi connectivity index (χ4v) is 0.907. The Morgan fingerprint density at radius 1 is 1.58 bits per heavy atom. The Kier molecular flexibility index (Phi) is 1.64. The van der Waals surface area contributed by atoms with E-state index in [4.69, 9.17) is 10.2 Å². The van der Waals surface area contributed by atoms with Gasteiger partial charge in [0.1, 0.15) is 12.1 Å². The lowest BCUT2D eigenvalue weighted by molar-refractivity contribution is 0.568. The average molecular weight is 164 g/mol. The summed E-state index contributed by atoms with van der Waals surface area (Å²) in [5, 5.41) is 6.67. The summed E-state index contributed by atoms with van der Waals surface area (Å²) in [6, 6.07) is 1.80. The second kappa shape index (κ2) is 2.78. The Labute approximate surface area is 68.6 Å². The maximum absolute atomic E-state index is 5.36. The number of nitrogens with one attached hydrogen (secondary N) is 1. The summed E-state index contributed by atoms with van der Waals surface area (Å²) in [5.41, 5.74) is 6.21. The van der Waals surface area contributed by atoms with E-state index in [1.165, 1.54) is 0 Å². The molecule has 2 rings (SSSR count). The Balaban J connectivity index is 2.35. The van der Waals surface area contributed by atoms with Gasteiger partial charge in [-0.2, -0.15) is 5.10 Å². The van der Waals surface area contributed by atoms with Crippen LogP contribution in [0.1, 0.15) is 5.82 Å². The molecule has 2 heterocycles. The summed E-state index contributed by atoms with van der Waals surface area (Å²) in [6.07, 6.45) is 3.16. The maximum Gasteiger partial charge on any atom is 0.184 e. The maximum atomic E-state index is 5.36. The summed E-state index contributed by atoms with van der Waals surface area (Å²) < 4.78 is 4.89. The number of rotatable bonds is 2. The van der Waals surface area contributed by atoms with Gasteiger partial charge in [-0.15, -0.1) is 0 Å². The largest absolute Gasteiger partial charge is 0.472 e. The van der Waals surface area contributed by atoms with Crippen molar-refractivity contribution in [3.63, 3.8) is 0 Å². The van der Waals surface area contributed by atoms with E-state index in [2.05, 4.69) is 15.2 Å². The number of aromatic amines is 1. The molecule has 62 valence electrons. The predicted molar refractivity (Wildman–Crippen MR) is 42.0 cm³/mol. The van der Waals surface area contributed by atoms with Crippen LogP contribution >= 0.6 is 0 Å². The lowest BCUT2D eigenvalue weighted by Crippen LogP contribution is -1.97. The van der Waals surface area contributed by atoms with E-state index in [1.54, 1.807) is 18.6 Å². The zero-order valence-corrected chi connectivity index (χ0v) is 6.32. The third-order valence-corrected chi connectivity index (χ3v) is 1.50. The van der Waals surface area contributed by atoms with Crippen molar-refractivity contribution in [3.05, 3.63) is 24.4 Å². The van der Waals surface area contributed by atoms with Crippen molar-refractivity contribution >= 4 is 0 Å². The van der Waals surface area contributed by atoms with Crippen molar-refractivity contribution in [2.45, 2.75) is 6.54 Å². The molecule has 0 unspecified atom stereocenters. The second-order valence-corrected chi connectivity index (χ2v) is 2.32. The molecule has 2 aromatic rings. The standard InChI is InChI=1S/C7H8N4O/c8-3-6-9-7(11-10-6)5-1-2-12-4-5/h1-2,4H,3,8H2,(H,9,10,11). The topological polar surface area (TPSA) is 80.7 Å². The minimum Gasteiger partial charge on any atom is -0.472 e. The van der Waals surface area contributed by atoms with Crippen LogP contribution in [0.5, 0.6) is 0 Å². The van der Waals surface area contributed by atoms with Gasteiger partial charge in [-0.3, -0.25) is 5.10 Å². The lowest BCUT2D eigenvalue weighted by atomic mass is 10.3. The first kappa shape index (κ1) is 7.05. The van der Waals surface area contributed by atoms with Crippen LogP contribution in [-0.4, -0.2) is 15.2 Å². The van der Waals surface area contributed by atoms with Gasteiger partial charge in [-0.25, -0.2) is 4.98 Å². The summed E-state index contributed by atoms with van der Waals surface area (Å²) in [7, 11) is 0. The molecule has 2 aromatic heterocycles. The summed E-state index contributed by atoms with van der Waals surface area (Å²) in [6.45, 7) is 0.366. The molecule has 0 aliphatic heterocycles. The van der Waals surface area contributed by atoms with Gasteiger partial charge in [-0.05, 0) is 6.07 Å². The second-order valence-electron chi connectivity index (χ2n) is 2.32. The third kappa shape index (κ3) is 1.10. The number of aromatic nitrogens is 3. The molecule has 0 radical (unpaired) electrons. The Hall–Kier alpha value is -1.62. The summed E-state index contributed by atoms with van der Waals surface area (Å²) >= 11 is 0. The van der Waals surface area contributed by atoms with Crippen molar-refractivity contribution < 1.29 is 4.42 Å². The fraction of sp³-hybridized carbons (Fsp3) is 0.143. The number of hydrogen-bond donors (Lipinski definition) is 2. The van der Waals surface area contributed by atoms with E-state index in [-0.39, 0.29) is 0 Å². The van der Waals surface area contributed by atoms with Crippen LogP contribution in [0.15, 0.2) is 23.0 Å². The van der Waals surface area contributed by atoms with E-state index >= 15 is 0 Å². The van der Waals surface area contributed by atoms with Gasteiger partial charge < -0.3 is 10.2 Å².